The Morgan fingerprint density at radius 1 is 0.286 bits per heavy atom. The average molecular weight is 1450 g/mol. The van der Waals surface area contributed by atoms with E-state index in [0.29, 0.717) is 41.4 Å². The van der Waals surface area contributed by atoms with Crippen LogP contribution in [0, 0.1) is 41.4 Å². The maximum absolute atomic E-state index is 2.71. The van der Waals surface area contributed by atoms with Crippen LogP contribution < -0.4 is 9.80 Å². The molecule has 0 aliphatic heterocycles. The molecule has 4 heteroatoms. The second kappa shape index (κ2) is 23.5. The first-order valence-electron chi connectivity index (χ1n) is 42.0. The third-order valence-electron chi connectivity index (χ3n) is 31.2. The van der Waals surface area contributed by atoms with Crippen molar-refractivity contribution >= 4 is 99.3 Å². The van der Waals surface area contributed by atoms with Gasteiger partial charge in [0.15, 0.2) is 0 Å². The van der Waals surface area contributed by atoms with Crippen LogP contribution in [0.4, 0.5) is 34.1 Å². The lowest BCUT2D eigenvalue weighted by atomic mass is 9.48. The summed E-state index contributed by atoms with van der Waals surface area (Å²) < 4.78 is 4.91. The average Bonchev–Trinajstić information content (AvgIpc) is 1.55. The number of hydrogen-bond acceptors (Lipinski definition) is 2. The number of nitrogens with zero attached hydrogens (tertiary/aromatic N) is 4. The molecule has 0 N–H and O–H groups in total. The van der Waals surface area contributed by atoms with Gasteiger partial charge in [-0.1, -0.05) is 236 Å². The second-order valence-corrected chi connectivity index (χ2v) is 37.2. The third-order valence-corrected chi connectivity index (χ3v) is 31.2. The Morgan fingerprint density at radius 3 is 1.20 bits per heavy atom. The number of hydrogen-bond donors (Lipinski definition) is 0. The molecule has 16 aromatic rings. The SMILES string of the molecule is C[C@H]1C[C@@H]2C[C@@H]3C[C@H](C1)C21c2ccc(N(c4ccc(-n5c6ccccc6c6ccccc65)cc4)c4cccc5c([C@@]6(C)C[C@H]7C[C@H]8C[C@@H](C6)C76c7ccc(N(c9ccc(-n%10c%11ccccc%11c%11ccccc%11%10)cc9)c9ccc%10ccccc%10c9)cc7C(C)(C)c7ccccc7C86)cccc45)cc2C(C)(C)c2ccccc2C31. The Bertz CT molecular complexity index is 6480. The van der Waals surface area contributed by atoms with Gasteiger partial charge in [-0.3, -0.25) is 0 Å². The Morgan fingerprint density at radius 2 is 0.670 bits per heavy atom. The zero-order valence-corrected chi connectivity index (χ0v) is 65.1. The minimum Gasteiger partial charge on any atom is -0.310 e. The first kappa shape index (κ1) is 65.5. The van der Waals surface area contributed by atoms with E-state index >= 15 is 0 Å². The summed E-state index contributed by atoms with van der Waals surface area (Å²) in [6, 6.07) is 121. The smallest absolute Gasteiger partial charge is 0.0541 e. The molecule has 546 valence electrons. The van der Waals surface area contributed by atoms with Crippen LogP contribution >= 0.6 is 0 Å². The van der Waals surface area contributed by atoms with Crippen molar-refractivity contribution in [2.24, 2.45) is 41.4 Å². The fourth-order valence-corrected chi connectivity index (χ4v) is 27.4. The fourth-order valence-electron chi connectivity index (χ4n) is 27.4. The highest BCUT2D eigenvalue weighted by atomic mass is 15.2. The van der Waals surface area contributed by atoms with E-state index in [1.54, 1.807) is 22.3 Å². The molecule has 4 bridgehead atoms. The van der Waals surface area contributed by atoms with Gasteiger partial charge in [0.2, 0.25) is 0 Å². The minimum absolute atomic E-state index is 0.0222. The van der Waals surface area contributed by atoms with Gasteiger partial charge in [0.1, 0.15) is 0 Å². The van der Waals surface area contributed by atoms with Gasteiger partial charge in [-0.25, -0.2) is 0 Å². The first-order valence-corrected chi connectivity index (χ1v) is 42.0. The summed E-state index contributed by atoms with van der Waals surface area (Å²) in [5.74, 6) is 5.54. The predicted molar refractivity (Wildman–Crippen MR) is 466 cm³/mol. The lowest BCUT2D eigenvalue weighted by molar-refractivity contribution is 0.0628. The molecule has 6 fully saturated rings. The summed E-state index contributed by atoms with van der Waals surface area (Å²) in [5.41, 5.74) is 28.0. The Kier molecular flexibility index (Phi) is 13.7. The lowest BCUT2D eigenvalue weighted by Crippen LogP contribution is -2.50. The van der Waals surface area contributed by atoms with E-state index in [2.05, 4.69) is 370 Å². The molecule has 0 amide bonds. The monoisotopic (exact) mass is 1450 g/mol. The van der Waals surface area contributed by atoms with E-state index in [1.165, 1.54) is 160 Å². The van der Waals surface area contributed by atoms with Gasteiger partial charge in [-0.15, -0.1) is 0 Å². The molecule has 8 aliphatic carbocycles. The van der Waals surface area contributed by atoms with Gasteiger partial charge in [0.25, 0.3) is 0 Å². The highest BCUT2D eigenvalue weighted by Gasteiger charge is 2.72. The largest absolute Gasteiger partial charge is 0.310 e. The normalized spacial score (nSPS) is 26.4. The molecule has 14 aromatic carbocycles. The first-order chi connectivity index (χ1) is 54.8. The van der Waals surface area contributed by atoms with Crippen LogP contribution in [0.25, 0.3) is 76.5 Å². The van der Waals surface area contributed by atoms with Crippen LogP contribution in [0.2, 0.25) is 0 Å². The van der Waals surface area contributed by atoms with Gasteiger partial charge in [-0.05, 0) is 292 Å². The molecule has 12 atom stereocenters. The molecule has 0 saturated heterocycles. The van der Waals surface area contributed by atoms with Crippen LogP contribution in [0.3, 0.4) is 0 Å². The molecule has 4 unspecified atom stereocenters. The summed E-state index contributed by atoms with van der Waals surface area (Å²) in [7, 11) is 0. The predicted octanol–water partition coefficient (Wildman–Crippen LogP) is 27.9. The van der Waals surface area contributed by atoms with Gasteiger partial charge in [0, 0.05) is 88.4 Å². The summed E-state index contributed by atoms with van der Waals surface area (Å²) >= 11 is 0. The zero-order chi connectivity index (χ0) is 74.5. The highest BCUT2D eigenvalue weighted by Crippen LogP contribution is 2.78. The molecule has 112 heavy (non-hydrogen) atoms. The summed E-state index contributed by atoms with van der Waals surface area (Å²) in [6.07, 6.45) is 10.2. The van der Waals surface area contributed by atoms with Crippen molar-refractivity contribution in [3.63, 3.8) is 0 Å². The Labute approximate surface area is 658 Å². The Hall–Kier alpha value is -11.2. The molecular formula is C108H94N4. The molecule has 6 saturated carbocycles. The van der Waals surface area contributed by atoms with E-state index in [4.69, 9.17) is 0 Å². The molecule has 8 aliphatic rings. The standard InChI is InChI=1S/C108H94N4/c1-66-55-71-57-69-58-72(56-66)107(71)93-54-52-81(63-96(93)105(4,5)90-33-15-9-29-88(90)102(69)107)110(76-45-49-78(50-46-76)112-100-38-19-13-27-86(100)87-28-14-20-39-101(87)112)97-40-22-31-82-83(97)32-21-35-92(82)106(6)64-73-59-70-60-74(65-106)108(73)94-53-51-80(62-95(94)104(2,3)91-34-16-10-30-89(91)103(70)108)109(79-42-41-67-23-7-8-24-68(67)61-79)75-43-47-77(48-44-75)111-98-36-17-11-25-84(98)85-26-12-18-37-99(85)111/h7-54,61-63,66,69-74,102-103H,55-60,64-65H2,1-6H3/t66-,69+,70-,71+,72-,73+,74-,102?,103?,106-,107?,108?. The van der Waals surface area contributed by atoms with Crippen molar-refractivity contribution in [1.82, 2.24) is 9.13 Å². The summed E-state index contributed by atoms with van der Waals surface area (Å²) in [6.45, 7) is 15.5. The molecule has 2 aromatic heterocycles. The third kappa shape index (κ3) is 8.74. The van der Waals surface area contributed by atoms with Gasteiger partial charge >= 0.3 is 0 Å². The number of fused-ring (bicyclic) bond motifs is 12. The highest BCUT2D eigenvalue weighted by molar-refractivity contribution is 6.11. The van der Waals surface area contributed by atoms with E-state index in [9.17, 15) is 0 Å². The molecule has 4 nitrogen and oxygen atoms in total. The van der Waals surface area contributed by atoms with Crippen molar-refractivity contribution in [2.45, 2.75) is 132 Å². The molecule has 24 rings (SSSR count). The number of rotatable bonds is 9. The van der Waals surface area contributed by atoms with E-state index < -0.39 is 0 Å². The van der Waals surface area contributed by atoms with Gasteiger partial charge in [0.05, 0.1) is 27.8 Å². The summed E-state index contributed by atoms with van der Waals surface area (Å²) in [4.78, 5) is 5.23. The van der Waals surface area contributed by atoms with Crippen molar-refractivity contribution in [3.8, 4) is 11.4 Å². The maximum atomic E-state index is 2.71. The van der Waals surface area contributed by atoms with Crippen LogP contribution in [0.1, 0.15) is 155 Å². The van der Waals surface area contributed by atoms with E-state index in [1.807, 2.05) is 0 Å². The van der Waals surface area contributed by atoms with Crippen LogP contribution in [0.15, 0.2) is 309 Å². The molecule has 0 radical (unpaired) electrons. The Balaban J connectivity index is 0.647. The number of benzene rings is 14. The van der Waals surface area contributed by atoms with E-state index in [-0.39, 0.29) is 27.1 Å². The number of anilines is 6. The summed E-state index contributed by atoms with van der Waals surface area (Å²) in [5, 5.41) is 10.3. The van der Waals surface area contributed by atoms with Crippen molar-refractivity contribution in [3.05, 3.63) is 359 Å². The zero-order valence-electron chi connectivity index (χ0n) is 65.1. The molecule has 2 heterocycles. The van der Waals surface area contributed by atoms with Crippen LogP contribution in [-0.4, -0.2) is 9.13 Å². The fraction of sp³-hybridized carbons (Fsp3) is 0.259. The molecular weight excluding hydrogens is 1350 g/mol. The molecule has 2 spiro atoms. The second-order valence-electron chi connectivity index (χ2n) is 37.2. The topological polar surface area (TPSA) is 16.3 Å². The van der Waals surface area contributed by atoms with Crippen LogP contribution in [-0.2, 0) is 27.1 Å². The maximum Gasteiger partial charge on any atom is 0.0541 e. The minimum atomic E-state index is -0.273. The van der Waals surface area contributed by atoms with Crippen molar-refractivity contribution in [1.29, 1.82) is 0 Å². The van der Waals surface area contributed by atoms with E-state index in [0.717, 1.165) is 41.7 Å². The van der Waals surface area contributed by atoms with Gasteiger partial charge in [-0.2, -0.15) is 0 Å². The number of aromatic nitrogens is 2. The van der Waals surface area contributed by atoms with Crippen LogP contribution in [0.5, 0.6) is 0 Å². The van der Waals surface area contributed by atoms with Crippen molar-refractivity contribution < 1.29 is 0 Å². The van der Waals surface area contributed by atoms with Crippen molar-refractivity contribution in [2.75, 3.05) is 9.80 Å². The van der Waals surface area contributed by atoms with Gasteiger partial charge < -0.3 is 18.9 Å². The lowest BCUT2D eigenvalue weighted by Gasteiger charge is -2.55. The quantitative estimate of drug-likeness (QED) is 0.143. The number of para-hydroxylation sites is 4.